The molecule has 1 heterocycles. The molecule has 0 amide bonds. The predicted molar refractivity (Wildman–Crippen MR) is 89.1 cm³/mol. The van der Waals surface area contributed by atoms with Gasteiger partial charge in [0, 0.05) is 0 Å². The minimum Gasteiger partial charge on any atom is -0.460 e. The Hall–Kier alpha value is -0.650. The molecule has 0 aromatic rings. The second-order valence-electron chi connectivity index (χ2n) is 8.28. The minimum atomic E-state index is -1.24. The van der Waals surface area contributed by atoms with Crippen molar-refractivity contribution in [3.63, 3.8) is 0 Å². The number of carbonyl (C=O) groups excluding carboxylic acids is 1. The van der Waals surface area contributed by atoms with Crippen molar-refractivity contribution in [3.05, 3.63) is 0 Å². The zero-order valence-corrected chi connectivity index (χ0v) is 16.0. The number of hydrogen-bond donors (Lipinski definition) is 1. The van der Waals surface area contributed by atoms with Gasteiger partial charge in [0.05, 0.1) is 12.5 Å². The summed E-state index contributed by atoms with van der Waals surface area (Å²) in [5.74, 6) is -1.24. The van der Waals surface area contributed by atoms with E-state index in [1.54, 1.807) is 20.8 Å². The Bertz CT molecular complexity index is 426. The van der Waals surface area contributed by atoms with Gasteiger partial charge in [0.25, 0.3) is 0 Å². The van der Waals surface area contributed by atoms with Crippen LogP contribution >= 0.6 is 0 Å². The summed E-state index contributed by atoms with van der Waals surface area (Å²) in [6.45, 7) is 14.8. The van der Waals surface area contributed by atoms with Crippen LogP contribution in [0.4, 0.5) is 0 Å². The molecule has 136 valence electrons. The Morgan fingerprint density at radius 2 is 1.83 bits per heavy atom. The monoisotopic (exact) mass is 330 g/mol. The number of hydrogen-bond acceptors (Lipinski definition) is 5. The Morgan fingerprint density at radius 1 is 1.26 bits per heavy atom. The van der Waals surface area contributed by atoms with Crippen molar-refractivity contribution in [2.24, 2.45) is 0 Å². The molecule has 0 radical (unpaired) electrons. The van der Waals surface area contributed by atoms with Crippen LogP contribution in [0.15, 0.2) is 0 Å². The first-order chi connectivity index (χ1) is 10.2. The summed E-state index contributed by atoms with van der Waals surface area (Å²) < 4.78 is 17.3. The van der Waals surface area contributed by atoms with Gasteiger partial charge in [0.15, 0.2) is 5.79 Å². The molecule has 0 aromatic carbocycles. The molecule has 1 N–H and O–H groups in total. The Labute approximate surface area is 140 Å². The number of ether oxygens (including phenoxy) is 3. The van der Waals surface area contributed by atoms with Gasteiger partial charge in [-0.2, -0.15) is 0 Å². The molecule has 0 spiro atoms. The molecule has 1 fully saturated rings. The lowest BCUT2D eigenvalue weighted by atomic mass is 9.73. The van der Waals surface area contributed by atoms with Crippen LogP contribution in [0.3, 0.4) is 0 Å². The molecule has 0 aliphatic carbocycles. The molecule has 1 rings (SSSR count). The molecule has 1 aliphatic heterocycles. The maximum atomic E-state index is 12.4. The Balaban J connectivity index is 3.08. The van der Waals surface area contributed by atoms with E-state index in [0.717, 1.165) is 12.8 Å². The smallest absolute Gasteiger partial charge is 0.309 e. The first-order valence-electron chi connectivity index (χ1n) is 8.57. The summed E-state index contributed by atoms with van der Waals surface area (Å²) in [7, 11) is 0. The van der Waals surface area contributed by atoms with Gasteiger partial charge in [-0.05, 0) is 54.9 Å². The lowest BCUT2D eigenvalue weighted by Gasteiger charge is -2.56. The summed E-state index contributed by atoms with van der Waals surface area (Å²) in [6.07, 6.45) is 1.84. The molecular weight excluding hydrogens is 296 g/mol. The molecule has 5 heteroatoms. The van der Waals surface area contributed by atoms with Crippen LogP contribution in [0.25, 0.3) is 0 Å². The molecule has 5 nitrogen and oxygen atoms in total. The quantitative estimate of drug-likeness (QED) is 0.781. The summed E-state index contributed by atoms with van der Waals surface area (Å²) in [5, 5.41) is 11.3. The average Bonchev–Trinajstić information content (AvgIpc) is 2.29. The van der Waals surface area contributed by atoms with Crippen molar-refractivity contribution in [1.29, 1.82) is 0 Å². The molecule has 1 saturated heterocycles. The number of unbranched alkanes of at least 4 members (excludes halogenated alkanes) is 1. The molecular formula is C18H34O5. The van der Waals surface area contributed by atoms with E-state index in [-0.39, 0.29) is 12.4 Å². The van der Waals surface area contributed by atoms with Crippen LogP contribution in [0, 0.1) is 0 Å². The van der Waals surface area contributed by atoms with E-state index in [1.807, 2.05) is 27.7 Å². The van der Waals surface area contributed by atoms with Crippen LogP contribution in [-0.4, -0.2) is 39.8 Å². The van der Waals surface area contributed by atoms with Crippen molar-refractivity contribution in [1.82, 2.24) is 0 Å². The summed E-state index contributed by atoms with van der Waals surface area (Å²) in [5.41, 5.74) is -2.87. The number of aliphatic hydroxyl groups is 1. The average molecular weight is 330 g/mol. The van der Waals surface area contributed by atoms with Crippen molar-refractivity contribution in [3.8, 4) is 0 Å². The number of rotatable bonds is 5. The van der Waals surface area contributed by atoms with Gasteiger partial charge in [0.1, 0.15) is 16.8 Å². The van der Waals surface area contributed by atoms with Crippen LogP contribution < -0.4 is 0 Å². The second-order valence-corrected chi connectivity index (χ2v) is 8.28. The highest BCUT2D eigenvalue weighted by Crippen LogP contribution is 2.46. The lowest BCUT2D eigenvalue weighted by Crippen LogP contribution is -2.69. The van der Waals surface area contributed by atoms with Crippen molar-refractivity contribution >= 4 is 5.97 Å². The van der Waals surface area contributed by atoms with Crippen LogP contribution in [0.2, 0.25) is 0 Å². The van der Waals surface area contributed by atoms with E-state index < -0.39 is 28.7 Å². The van der Waals surface area contributed by atoms with E-state index >= 15 is 0 Å². The maximum Gasteiger partial charge on any atom is 0.309 e. The topological polar surface area (TPSA) is 65.0 Å². The summed E-state index contributed by atoms with van der Waals surface area (Å²) in [6, 6.07) is 0. The molecule has 1 aliphatic rings. The third-order valence-electron chi connectivity index (χ3n) is 4.33. The fourth-order valence-corrected chi connectivity index (χ4v) is 3.36. The fraction of sp³-hybridized carbons (Fsp3) is 0.944. The lowest BCUT2D eigenvalue weighted by molar-refractivity contribution is -0.393. The van der Waals surface area contributed by atoms with Crippen LogP contribution in [-0.2, 0) is 19.0 Å². The number of carbonyl (C=O) groups is 1. The second kappa shape index (κ2) is 6.69. The molecule has 23 heavy (non-hydrogen) atoms. The largest absolute Gasteiger partial charge is 0.460 e. The third kappa shape index (κ3) is 4.91. The molecule has 3 atom stereocenters. The molecule has 0 unspecified atom stereocenters. The van der Waals surface area contributed by atoms with E-state index in [0.29, 0.717) is 6.42 Å². The Morgan fingerprint density at radius 3 is 2.30 bits per heavy atom. The number of esters is 1. The zero-order chi connectivity index (χ0) is 18.1. The standard InChI is InChI=1S/C18H34O5/c1-9-10-11-18(20)13(2)21-16(6,7)23-17(18,8)12-14(19)22-15(3,4)5/h13,20H,9-12H2,1-8H3/t13-,17+,18+/m0/s1. The first-order valence-corrected chi connectivity index (χ1v) is 8.57. The van der Waals surface area contributed by atoms with Gasteiger partial charge in [-0.25, -0.2) is 0 Å². The molecule has 0 aromatic heterocycles. The first kappa shape index (κ1) is 20.4. The maximum absolute atomic E-state index is 12.4. The fourth-order valence-electron chi connectivity index (χ4n) is 3.36. The van der Waals surface area contributed by atoms with E-state index in [4.69, 9.17) is 14.2 Å². The van der Waals surface area contributed by atoms with Crippen molar-refractivity contribution < 1.29 is 24.1 Å². The van der Waals surface area contributed by atoms with Gasteiger partial charge < -0.3 is 19.3 Å². The van der Waals surface area contributed by atoms with E-state index in [1.165, 1.54) is 0 Å². The molecule has 0 saturated carbocycles. The van der Waals surface area contributed by atoms with E-state index in [2.05, 4.69) is 6.92 Å². The van der Waals surface area contributed by atoms with Crippen molar-refractivity contribution in [2.75, 3.05) is 0 Å². The van der Waals surface area contributed by atoms with Crippen LogP contribution in [0.1, 0.15) is 81.1 Å². The van der Waals surface area contributed by atoms with Gasteiger partial charge in [0.2, 0.25) is 0 Å². The van der Waals surface area contributed by atoms with Crippen LogP contribution in [0.5, 0.6) is 0 Å². The highest BCUT2D eigenvalue weighted by atomic mass is 16.7. The summed E-state index contributed by atoms with van der Waals surface area (Å²) in [4.78, 5) is 12.4. The Kier molecular flexibility index (Phi) is 5.93. The minimum absolute atomic E-state index is 0.0123. The van der Waals surface area contributed by atoms with Crippen molar-refractivity contribution in [2.45, 2.75) is 110 Å². The van der Waals surface area contributed by atoms with Gasteiger partial charge >= 0.3 is 5.97 Å². The summed E-state index contributed by atoms with van der Waals surface area (Å²) >= 11 is 0. The van der Waals surface area contributed by atoms with Gasteiger partial charge in [-0.3, -0.25) is 4.79 Å². The predicted octanol–water partition coefficient (Wildman–Crippen LogP) is 3.57. The van der Waals surface area contributed by atoms with E-state index in [9.17, 15) is 9.90 Å². The van der Waals surface area contributed by atoms with Gasteiger partial charge in [-0.1, -0.05) is 19.8 Å². The van der Waals surface area contributed by atoms with Gasteiger partial charge in [-0.15, -0.1) is 0 Å². The highest BCUT2D eigenvalue weighted by Gasteiger charge is 2.59. The highest BCUT2D eigenvalue weighted by molar-refractivity contribution is 5.71. The zero-order valence-electron chi connectivity index (χ0n) is 16.0. The SMILES string of the molecule is CCCC[C@@]1(O)[C@H](C)OC(C)(C)O[C@]1(C)CC(=O)OC(C)(C)C. The normalized spacial score (nSPS) is 34.2. The molecule has 0 bridgehead atoms. The third-order valence-corrected chi connectivity index (χ3v) is 4.33.